The molecule has 5 rings (SSSR count). The van der Waals surface area contributed by atoms with Crippen molar-refractivity contribution in [3.63, 3.8) is 0 Å². The fourth-order valence-corrected chi connectivity index (χ4v) is 3.99. The van der Waals surface area contributed by atoms with Gasteiger partial charge < -0.3 is 10.6 Å². The third-order valence-corrected chi connectivity index (χ3v) is 5.55. The van der Waals surface area contributed by atoms with Crippen LogP contribution in [0.5, 0.6) is 0 Å². The van der Waals surface area contributed by atoms with Crippen molar-refractivity contribution in [2.45, 2.75) is 31.6 Å². The Morgan fingerprint density at radius 1 is 1.19 bits per heavy atom. The molecular formula is C22H20FN3O. The van der Waals surface area contributed by atoms with Crippen molar-refractivity contribution in [3.05, 3.63) is 65.1 Å². The normalized spacial score (nSPS) is 16.4. The number of nitrogens with two attached hydrogens (primary N) is 1. The molecule has 4 nitrogen and oxygen atoms in total. The van der Waals surface area contributed by atoms with Crippen molar-refractivity contribution in [1.82, 2.24) is 4.98 Å². The van der Waals surface area contributed by atoms with E-state index in [2.05, 4.69) is 4.98 Å². The maximum atomic E-state index is 13.9. The van der Waals surface area contributed by atoms with E-state index in [1.54, 1.807) is 11.0 Å². The molecule has 1 aromatic heterocycles. The molecule has 136 valence electrons. The molecule has 3 aromatic rings. The van der Waals surface area contributed by atoms with Gasteiger partial charge in [0, 0.05) is 34.9 Å². The third kappa shape index (κ3) is 2.74. The van der Waals surface area contributed by atoms with Gasteiger partial charge in [-0.05, 0) is 67.6 Å². The lowest BCUT2D eigenvalue weighted by atomic mass is 9.98. The Balaban J connectivity index is 1.67. The van der Waals surface area contributed by atoms with E-state index >= 15 is 0 Å². The minimum absolute atomic E-state index is 0.110. The number of carbonyl (C=O) groups is 1. The van der Waals surface area contributed by atoms with Crippen molar-refractivity contribution >= 4 is 28.2 Å². The summed E-state index contributed by atoms with van der Waals surface area (Å²) in [5.41, 5.74) is 10.9. The quantitative estimate of drug-likeness (QED) is 0.687. The SMILES string of the molecule is Nc1cccc2c1CCCN2C(=O)c1cc(C2CC2)nc2ccc(F)cc12. The largest absolute Gasteiger partial charge is 0.398 e. The molecule has 2 N–H and O–H groups in total. The molecule has 1 aliphatic heterocycles. The second-order valence-electron chi connectivity index (χ2n) is 7.44. The van der Waals surface area contributed by atoms with Gasteiger partial charge in [-0.1, -0.05) is 6.07 Å². The highest BCUT2D eigenvalue weighted by Crippen LogP contribution is 2.41. The topological polar surface area (TPSA) is 59.2 Å². The van der Waals surface area contributed by atoms with Crippen molar-refractivity contribution in [2.24, 2.45) is 0 Å². The summed E-state index contributed by atoms with van der Waals surface area (Å²) < 4.78 is 13.9. The lowest BCUT2D eigenvalue weighted by Gasteiger charge is -2.30. The molecule has 0 spiro atoms. The highest BCUT2D eigenvalue weighted by molar-refractivity contribution is 6.14. The molecule has 2 heterocycles. The molecule has 27 heavy (non-hydrogen) atoms. The van der Waals surface area contributed by atoms with Crippen LogP contribution in [0, 0.1) is 5.82 Å². The van der Waals surface area contributed by atoms with Gasteiger partial charge in [0.2, 0.25) is 0 Å². The maximum absolute atomic E-state index is 13.9. The monoisotopic (exact) mass is 361 g/mol. The van der Waals surface area contributed by atoms with Crippen LogP contribution >= 0.6 is 0 Å². The molecule has 2 aromatic carbocycles. The molecular weight excluding hydrogens is 341 g/mol. The smallest absolute Gasteiger partial charge is 0.259 e. The summed E-state index contributed by atoms with van der Waals surface area (Å²) in [4.78, 5) is 20.0. The summed E-state index contributed by atoms with van der Waals surface area (Å²) in [5.74, 6) is -0.0578. The number of hydrogen-bond donors (Lipinski definition) is 1. The first-order chi connectivity index (χ1) is 13.1. The Labute approximate surface area is 156 Å². The summed E-state index contributed by atoms with van der Waals surface area (Å²) in [7, 11) is 0. The average molecular weight is 361 g/mol. The van der Waals surface area contributed by atoms with Crippen LogP contribution in [0.25, 0.3) is 10.9 Å². The average Bonchev–Trinajstić information content (AvgIpc) is 3.52. The van der Waals surface area contributed by atoms with E-state index < -0.39 is 0 Å². The van der Waals surface area contributed by atoms with E-state index in [0.29, 0.717) is 34.6 Å². The van der Waals surface area contributed by atoms with Gasteiger partial charge in [0.15, 0.2) is 0 Å². The van der Waals surface area contributed by atoms with Gasteiger partial charge in [-0.2, -0.15) is 0 Å². The summed E-state index contributed by atoms with van der Waals surface area (Å²) in [6, 6.07) is 12.0. The van der Waals surface area contributed by atoms with E-state index in [4.69, 9.17) is 5.73 Å². The van der Waals surface area contributed by atoms with E-state index in [-0.39, 0.29) is 11.7 Å². The first-order valence-corrected chi connectivity index (χ1v) is 9.41. The van der Waals surface area contributed by atoms with Crippen molar-refractivity contribution in [1.29, 1.82) is 0 Å². The number of aromatic nitrogens is 1. The Hall–Kier alpha value is -2.95. The van der Waals surface area contributed by atoms with Crippen molar-refractivity contribution < 1.29 is 9.18 Å². The Kier molecular flexibility index (Phi) is 3.64. The fourth-order valence-electron chi connectivity index (χ4n) is 3.99. The number of anilines is 2. The molecule has 2 aliphatic rings. The molecule has 0 radical (unpaired) electrons. The predicted molar refractivity (Wildman–Crippen MR) is 105 cm³/mol. The van der Waals surface area contributed by atoms with Gasteiger partial charge in [0.1, 0.15) is 5.82 Å². The Morgan fingerprint density at radius 3 is 2.85 bits per heavy atom. The molecule has 1 fully saturated rings. The molecule has 1 aliphatic carbocycles. The minimum Gasteiger partial charge on any atom is -0.398 e. The van der Waals surface area contributed by atoms with Gasteiger partial charge in [-0.25, -0.2) is 4.39 Å². The highest BCUT2D eigenvalue weighted by Gasteiger charge is 2.30. The number of hydrogen-bond acceptors (Lipinski definition) is 3. The van der Waals surface area contributed by atoms with E-state index in [1.165, 1.54) is 12.1 Å². The zero-order chi connectivity index (χ0) is 18.5. The van der Waals surface area contributed by atoms with Gasteiger partial charge in [0.25, 0.3) is 5.91 Å². The number of fused-ring (bicyclic) bond motifs is 2. The summed E-state index contributed by atoms with van der Waals surface area (Å²) in [6.45, 7) is 0.632. The lowest BCUT2D eigenvalue weighted by molar-refractivity contribution is 0.0986. The summed E-state index contributed by atoms with van der Waals surface area (Å²) in [6.07, 6.45) is 3.91. The van der Waals surface area contributed by atoms with Gasteiger partial charge >= 0.3 is 0 Å². The number of rotatable bonds is 2. The maximum Gasteiger partial charge on any atom is 0.259 e. The van der Waals surface area contributed by atoms with Crippen molar-refractivity contribution in [2.75, 3.05) is 17.2 Å². The van der Waals surface area contributed by atoms with Gasteiger partial charge in [-0.15, -0.1) is 0 Å². The van der Waals surface area contributed by atoms with Crippen LogP contribution in [0.15, 0.2) is 42.5 Å². The number of nitrogen functional groups attached to an aromatic ring is 1. The number of carbonyl (C=O) groups excluding carboxylic acids is 1. The van der Waals surface area contributed by atoms with Crippen LogP contribution < -0.4 is 10.6 Å². The Bertz CT molecular complexity index is 1070. The molecule has 1 saturated carbocycles. The van der Waals surface area contributed by atoms with Crippen LogP contribution in [0.3, 0.4) is 0 Å². The molecule has 1 amide bonds. The molecule has 0 saturated heterocycles. The van der Waals surface area contributed by atoms with Crippen LogP contribution in [0.4, 0.5) is 15.8 Å². The number of amides is 1. The number of benzene rings is 2. The molecule has 5 heteroatoms. The van der Waals surface area contributed by atoms with Crippen LogP contribution in [0.1, 0.15) is 46.8 Å². The summed E-state index contributed by atoms with van der Waals surface area (Å²) in [5, 5.41) is 0.570. The van der Waals surface area contributed by atoms with Crippen LogP contribution in [-0.2, 0) is 6.42 Å². The van der Waals surface area contributed by atoms with Gasteiger partial charge in [0.05, 0.1) is 11.1 Å². The standard InChI is InChI=1S/C22H20FN3O/c23-14-8-9-19-16(11-14)17(12-20(25-19)13-6-7-13)22(27)26-10-2-3-15-18(24)4-1-5-21(15)26/h1,4-5,8-9,11-13H,2-3,6-7,10,24H2. The van der Waals surface area contributed by atoms with Crippen LogP contribution in [0.2, 0.25) is 0 Å². The van der Waals surface area contributed by atoms with Crippen molar-refractivity contribution in [3.8, 4) is 0 Å². The minimum atomic E-state index is -0.360. The Morgan fingerprint density at radius 2 is 2.04 bits per heavy atom. The number of halogens is 1. The summed E-state index contributed by atoms with van der Waals surface area (Å²) >= 11 is 0. The second-order valence-corrected chi connectivity index (χ2v) is 7.44. The first kappa shape index (κ1) is 16.2. The van der Waals surface area contributed by atoms with E-state index in [9.17, 15) is 9.18 Å². The van der Waals surface area contributed by atoms with E-state index in [0.717, 1.165) is 42.6 Å². The second kappa shape index (κ2) is 6.05. The van der Waals surface area contributed by atoms with Crippen LogP contribution in [-0.4, -0.2) is 17.4 Å². The van der Waals surface area contributed by atoms with Gasteiger partial charge in [-0.3, -0.25) is 9.78 Å². The third-order valence-electron chi connectivity index (χ3n) is 5.55. The zero-order valence-corrected chi connectivity index (χ0v) is 14.9. The number of nitrogens with zero attached hydrogens (tertiary/aromatic N) is 2. The molecule has 0 atom stereocenters. The molecule has 0 bridgehead atoms. The zero-order valence-electron chi connectivity index (χ0n) is 14.9. The first-order valence-electron chi connectivity index (χ1n) is 9.41. The van der Waals surface area contributed by atoms with E-state index in [1.807, 2.05) is 24.3 Å². The highest BCUT2D eigenvalue weighted by atomic mass is 19.1. The molecule has 0 unspecified atom stereocenters. The predicted octanol–water partition coefficient (Wildman–Crippen LogP) is 4.43. The lowest BCUT2D eigenvalue weighted by Crippen LogP contribution is -2.36. The fraction of sp³-hybridized carbons (Fsp3) is 0.273. The number of pyridine rings is 1.